The highest BCUT2D eigenvalue weighted by Gasteiger charge is 2.18. The average Bonchev–Trinajstić information content (AvgIpc) is 2.38. The van der Waals surface area contributed by atoms with Crippen molar-refractivity contribution >= 4 is 23.6 Å². The van der Waals surface area contributed by atoms with Crippen LogP contribution in [0.3, 0.4) is 0 Å². The molecule has 0 saturated heterocycles. The molecule has 0 spiro atoms. The molecule has 1 aromatic rings. The number of nitrogens with one attached hydrogen (secondary N) is 1. The Balaban J connectivity index is 2.38. The summed E-state index contributed by atoms with van der Waals surface area (Å²) in [5.41, 5.74) is 6.25. The molecule has 0 saturated carbocycles. The van der Waals surface area contributed by atoms with E-state index in [0.717, 1.165) is 5.56 Å². The molecule has 1 atom stereocenters. The smallest absolute Gasteiger partial charge is 0.327 e. The Morgan fingerprint density at radius 2 is 2.00 bits per heavy atom. The summed E-state index contributed by atoms with van der Waals surface area (Å²) in [7, 11) is 0. The zero-order chi connectivity index (χ0) is 13.4. The number of nitrogens with two attached hydrogens (primary N) is 1. The van der Waals surface area contributed by atoms with Crippen LogP contribution < -0.4 is 11.1 Å². The van der Waals surface area contributed by atoms with Gasteiger partial charge in [0, 0.05) is 11.5 Å². The van der Waals surface area contributed by atoms with Gasteiger partial charge >= 0.3 is 5.97 Å². The second kappa shape index (κ2) is 7.73. The first-order valence-electron chi connectivity index (χ1n) is 5.47. The predicted octanol–water partition coefficient (Wildman–Crippen LogP) is 0.448. The third-order valence-electron chi connectivity index (χ3n) is 2.21. The molecule has 0 fully saturated rings. The lowest BCUT2D eigenvalue weighted by Gasteiger charge is -2.13. The zero-order valence-corrected chi connectivity index (χ0v) is 10.7. The molecule has 0 unspecified atom stereocenters. The molecule has 0 radical (unpaired) electrons. The van der Waals surface area contributed by atoms with Crippen LogP contribution in [0.15, 0.2) is 30.3 Å². The average molecular weight is 268 g/mol. The lowest BCUT2D eigenvalue weighted by atomic mass is 10.2. The van der Waals surface area contributed by atoms with Crippen molar-refractivity contribution in [2.24, 2.45) is 5.73 Å². The fourth-order valence-electron chi connectivity index (χ4n) is 1.30. The number of carbonyl (C=O) groups excluding carboxylic acids is 1. The molecule has 4 N–H and O–H groups in total. The topological polar surface area (TPSA) is 92.4 Å². The predicted molar refractivity (Wildman–Crippen MR) is 71.2 cm³/mol. The Morgan fingerprint density at radius 1 is 1.33 bits per heavy atom. The molecule has 98 valence electrons. The van der Waals surface area contributed by atoms with Gasteiger partial charge in [0.15, 0.2) is 0 Å². The highest BCUT2D eigenvalue weighted by Crippen LogP contribution is 2.12. The Hall–Kier alpha value is -1.53. The van der Waals surface area contributed by atoms with Crippen LogP contribution in [-0.4, -0.2) is 35.3 Å². The first-order chi connectivity index (χ1) is 8.63. The van der Waals surface area contributed by atoms with Crippen molar-refractivity contribution in [3.8, 4) is 0 Å². The minimum Gasteiger partial charge on any atom is -0.480 e. The van der Waals surface area contributed by atoms with Crippen molar-refractivity contribution in [3.63, 3.8) is 0 Å². The van der Waals surface area contributed by atoms with Crippen LogP contribution in [-0.2, 0) is 15.3 Å². The van der Waals surface area contributed by atoms with E-state index in [0.29, 0.717) is 11.5 Å². The van der Waals surface area contributed by atoms with E-state index in [1.807, 2.05) is 30.3 Å². The van der Waals surface area contributed by atoms with Gasteiger partial charge in [-0.05, 0) is 5.56 Å². The van der Waals surface area contributed by atoms with Gasteiger partial charge in [0.1, 0.15) is 6.04 Å². The van der Waals surface area contributed by atoms with Gasteiger partial charge in [-0.3, -0.25) is 4.79 Å². The van der Waals surface area contributed by atoms with Gasteiger partial charge in [-0.25, -0.2) is 4.79 Å². The van der Waals surface area contributed by atoms with E-state index < -0.39 is 17.9 Å². The van der Waals surface area contributed by atoms with E-state index in [2.05, 4.69) is 5.32 Å². The minimum atomic E-state index is -1.04. The molecule has 6 heteroatoms. The molecule has 0 aliphatic carbocycles. The largest absolute Gasteiger partial charge is 0.480 e. The SMILES string of the molecule is NCC(=O)N[C@@H](CSCc1ccccc1)C(=O)O. The number of carboxylic acids is 1. The van der Waals surface area contributed by atoms with Crippen molar-refractivity contribution in [1.82, 2.24) is 5.32 Å². The van der Waals surface area contributed by atoms with Gasteiger partial charge in [-0.15, -0.1) is 0 Å². The van der Waals surface area contributed by atoms with Crippen molar-refractivity contribution in [2.75, 3.05) is 12.3 Å². The molecule has 1 amide bonds. The number of amides is 1. The van der Waals surface area contributed by atoms with Crippen LogP contribution in [0.25, 0.3) is 0 Å². The lowest BCUT2D eigenvalue weighted by molar-refractivity contribution is -0.140. The van der Waals surface area contributed by atoms with Crippen LogP contribution in [0.2, 0.25) is 0 Å². The number of aliphatic carboxylic acids is 1. The van der Waals surface area contributed by atoms with Gasteiger partial charge in [-0.1, -0.05) is 30.3 Å². The lowest BCUT2D eigenvalue weighted by Crippen LogP contribution is -2.45. The molecule has 0 heterocycles. The number of hydrogen-bond acceptors (Lipinski definition) is 4. The van der Waals surface area contributed by atoms with Crippen molar-refractivity contribution in [1.29, 1.82) is 0 Å². The summed E-state index contributed by atoms with van der Waals surface area (Å²) < 4.78 is 0. The van der Waals surface area contributed by atoms with Gasteiger partial charge in [0.2, 0.25) is 5.91 Å². The first kappa shape index (κ1) is 14.5. The molecule has 0 aromatic heterocycles. The monoisotopic (exact) mass is 268 g/mol. The van der Waals surface area contributed by atoms with Gasteiger partial charge < -0.3 is 16.2 Å². The minimum absolute atomic E-state index is 0.201. The standard InChI is InChI=1S/C12H16N2O3S/c13-6-11(15)14-10(12(16)17)8-18-7-9-4-2-1-3-5-9/h1-5,10H,6-8,13H2,(H,14,15)(H,16,17)/t10-/m0/s1. The Labute approximate surface area is 110 Å². The van der Waals surface area contributed by atoms with Crippen molar-refractivity contribution < 1.29 is 14.7 Å². The van der Waals surface area contributed by atoms with Crippen LogP contribution in [0.5, 0.6) is 0 Å². The quantitative estimate of drug-likeness (QED) is 0.667. The van der Waals surface area contributed by atoms with Crippen LogP contribution in [0, 0.1) is 0 Å². The molecular formula is C12H16N2O3S. The second-order valence-electron chi connectivity index (χ2n) is 3.66. The summed E-state index contributed by atoms with van der Waals surface area (Å²) in [4.78, 5) is 22.0. The second-order valence-corrected chi connectivity index (χ2v) is 4.69. The van der Waals surface area contributed by atoms with Crippen LogP contribution >= 0.6 is 11.8 Å². The summed E-state index contributed by atoms with van der Waals surface area (Å²) in [6.07, 6.45) is 0. The van der Waals surface area contributed by atoms with Gasteiger partial charge in [-0.2, -0.15) is 11.8 Å². The Morgan fingerprint density at radius 3 is 2.56 bits per heavy atom. The molecule has 1 rings (SSSR count). The molecular weight excluding hydrogens is 252 g/mol. The van der Waals surface area contributed by atoms with E-state index >= 15 is 0 Å². The number of hydrogen-bond donors (Lipinski definition) is 3. The molecule has 1 aromatic carbocycles. The highest BCUT2D eigenvalue weighted by molar-refractivity contribution is 7.98. The summed E-state index contributed by atoms with van der Waals surface area (Å²) >= 11 is 1.46. The summed E-state index contributed by atoms with van der Waals surface area (Å²) in [5.74, 6) is -0.473. The number of rotatable bonds is 7. The maximum atomic E-state index is 11.1. The van der Waals surface area contributed by atoms with Crippen LogP contribution in [0.4, 0.5) is 0 Å². The Bertz CT molecular complexity index is 398. The number of carbonyl (C=O) groups is 2. The number of carboxylic acid groups (broad SMARTS) is 1. The summed E-state index contributed by atoms with van der Waals surface area (Å²) in [5, 5.41) is 11.3. The summed E-state index contributed by atoms with van der Waals surface area (Å²) in [6, 6.07) is 8.84. The van der Waals surface area contributed by atoms with E-state index in [4.69, 9.17) is 10.8 Å². The van der Waals surface area contributed by atoms with Crippen LogP contribution in [0.1, 0.15) is 5.56 Å². The molecule has 0 bridgehead atoms. The third kappa shape index (κ3) is 5.20. The molecule has 18 heavy (non-hydrogen) atoms. The normalized spacial score (nSPS) is 11.8. The third-order valence-corrected chi connectivity index (χ3v) is 3.32. The fraction of sp³-hybridized carbons (Fsp3) is 0.333. The number of benzene rings is 1. The molecule has 5 nitrogen and oxygen atoms in total. The molecule has 0 aliphatic rings. The van der Waals surface area contributed by atoms with Gasteiger partial charge in [0.25, 0.3) is 0 Å². The molecule has 0 aliphatic heterocycles. The van der Waals surface area contributed by atoms with Crippen molar-refractivity contribution in [2.45, 2.75) is 11.8 Å². The van der Waals surface area contributed by atoms with E-state index in [1.54, 1.807) is 0 Å². The Kier molecular flexibility index (Phi) is 6.24. The van der Waals surface area contributed by atoms with Gasteiger partial charge in [0.05, 0.1) is 6.54 Å². The summed E-state index contributed by atoms with van der Waals surface area (Å²) in [6.45, 7) is -0.201. The number of thioether (sulfide) groups is 1. The van der Waals surface area contributed by atoms with Crippen molar-refractivity contribution in [3.05, 3.63) is 35.9 Å². The maximum Gasteiger partial charge on any atom is 0.327 e. The fourth-order valence-corrected chi connectivity index (χ4v) is 2.30. The van der Waals surface area contributed by atoms with E-state index in [1.165, 1.54) is 11.8 Å². The highest BCUT2D eigenvalue weighted by atomic mass is 32.2. The first-order valence-corrected chi connectivity index (χ1v) is 6.63. The van der Waals surface area contributed by atoms with E-state index in [-0.39, 0.29) is 6.54 Å². The maximum absolute atomic E-state index is 11.1. The van der Waals surface area contributed by atoms with E-state index in [9.17, 15) is 9.59 Å². The zero-order valence-electron chi connectivity index (χ0n) is 9.83.